The second kappa shape index (κ2) is 13.6. The Morgan fingerprint density at radius 1 is 0.750 bits per heavy atom. The van der Waals surface area contributed by atoms with Crippen molar-refractivity contribution in [3.8, 4) is 6.07 Å². The molecule has 230 valence electrons. The fraction of sp³-hybridized carbons (Fsp3) is 0.382. The van der Waals surface area contributed by atoms with Crippen LogP contribution >= 0.6 is 0 Å². The molecule has 0 aliphatic carbocycles. The molecule has 10 heteroatoms. The lowest BCUT2D eigenvalue weighted by atomic mass is 9.94. The van der Waals surface area contributed by atoms with Crippen LogP contribution in [0.25, 0.3) is 0 Å². The summed E-state index contributed by atoms with van der Waals surface area (Å²) in [6.07, 6.45) is -1.18. The summed E-state index contributed by atoms with van der Waals surface area (Å²) in [6.45, 7) is 4.47. The Morgan fingerprint density at radius 3 is 1.59 bits per heavy atom. The van der Waals surface area contributed by atoms with E-state index in [1.165, 1.54) is 12.1 Å². The van der Waals surface area contributed by atoms with Crippen LogP contribution in [0.15, 0.2) is 72.8 Å². The van der Waals surface area contributed by atoms with Gasteiger partial charge in [0.2, 0.25) is 5.91 Å². The van der Waals surface area contributed by atoms with Gasteiger partial charge in [-0.2, -0.15) is 18.4 Å². The van der Waals surface area contributed by atoms with Gasteiger partial charge >= 0.3 is 6.18 Å². The van der Waals surface area contributed by atoms with E-state index in [0.717, 1.165) is 81.7 Å². The minimum absolute atomic E-state index is 0.0252. The number of likely N-dealkylation sites (tertiary alicyclic amines) is 2. The average molecular weight is 604 g/mol. The van der Waals surface area contributed by atoms with Gasteiger partial charge in [-0.15, -0.1) is 0 Å². The Bertz CT molecular complexity index is 1470. The van der Waals surface area contributed by atoms with E-state index in [1.807, 2.05) is 29.2 Å². The summed E-state index contributed by atoms with van der Waals surface area (Å²) in [6, 6.07) is 21.7. The third kappa shape index (κ3) is 7.65. The monoisotopic (exact) mass is 603 g/mol. The van der Waals surface area contributed by atoms with Gasteiger partial charge in [0.1, 0.15) is 0 Å². The number of carbonyl (C=O) groups excluding carboxylic acids is 2. The molecule has 2 aliphatic heterocycles. The number of nitrogens with two attached hydrogens (primary N) is 1. The zero-order chi connectivity index (χ0) is 31.3. The molecule has 5 rings (SSSR count). The topological polar surface area (TPSA) is 93.7 Å². The van der Waals surface area contributed by atoms with Crippen molar-refractivity contribution in [2.45, 2.75) is 57.0 Å². The fourth-order valence-electron chi connectivity index (χ4n) is 6.27. The van der Waals surface area contributed by atoms with Gasteiger partial charge < -0.3 is 10.6 Å². The van der Waals surface area contributed by atoms with Crippen molar-refractivity contribution in [2.24, 2.45) is 5.73 Å². The lowest BCUT2D eigenvalue weighted by molar-refractivity contribution is -0.137. The molecule has 0 radical (unpaired) electrons. The first-order valence-corrected chi connectivity index (χ1v) is 14.9. The van der Waals surface area contributed by atoms with E-state index in [0.29, 0.717) is 23.2 Å². The minimum Gasteiger partial charge on any atom is -0.366 e. The Hall–Kier alpha value is -4.20. The van der Waals surface area contributed by atoms with Crippen LogP contribution in [0.4, 0.5) is 13.2 Å². The van der Waals surface area contributed by atoms with Gasteiger partial charge in [-0.1, -0.05) is 24.3 Å². The molecule has 0 atom stereocenters. The van der Waals surface area contributed by atoms with E-state index in [9.17, 15) is 22.8 Å². The molecule has 0 unspecified atom stereocenters. The lowest BCUT2D eigenvalue weighted by Gasteiger charge is -2.45. The van der Waals surface area contributed by atoms with Crippen molar-refractivity contribution in [2.75, 3.05) is 26.2 Å². The molecular weight excluding hydrogens is 567 g/mol. The van der Waals surface area contributed by atoms with Crippen LogP contribution in [-0.2, 0) is 19.3 Å². The number of benzene rings is 3. The molecule has 2 amide bonds. The predicted molar refractivity (Wildman–Crippen MR) is 160 cm³/mol. The first kappa shape index (κ1) is 31.2. The Kier molecular flexibility index (Phi) is 9.67. The van der Waals surface area contributed by atoms with E-state index in [2.05, 4.69) is 15.9 Å². The molecule has 0 saturated carbocycles. The maximum absolute atomic E-state index is 14.0. The van der Waals surface area contributed by atoms with Crippen LogP contribution in [0.3, 0.4) is 0 Å². The molecule has 0 aromatic heterocycles. The number of rotatable bonds is 8. The molecule has 7 nitrogen and oxygen atoms in total. The molecule has 0 bridgehead atoms. The minimum atomic E-state index is -4.35. The third-order valence-corrected chi connectivity index (χ3v) is 8.73. The van der Waals surface area contributed by atoms with Crippen LogP contribution in [-0.4, -0.2) is 64.8 Å². The van der Waals surface area contributed by atoms with Crippen molar-refractivity contribution in [1.29, 1.82) is 5.26 Å². The largest absolute Gasteiger partial charge is 0.416 e. The fourth-order valence-corrected chi connectivity index (χ4v) is 6.27. The summed E-state index contributed by atoms with van der Waals surface area (Å²) < 4.78 is 38.9. The van der Waals surface area contributed by atoms with Gasteiger partial charge in [-0.05, 0) is 85.3 Å². The average Bonchev–Trinajstić information content (AvgIpc) is 3.03. The zero-order valence-corrected chi connectivity index (χ0v) is 24.5. The molecule has 2 heterocycles. The zero-order valence-electron chi connectivity index (χ0n) is 24.5. The van der Waals surface area contributed by atoms with Crippen LogP contribution in [0.2, 0.25) is 0 Å². The second-order valence-corrected chi connectivity index (χ2v) is 11.7. The lowest BCUT2D eigenvalue weighted by Crippen LogP contribution is -2.54. The van der Waals surface area contributed by atoms with E-state index in [4.69, 9.17) is 11.0 Å². The number of hydrogen-bond acceptors (Lipinski definition) is 5. The quantitative estimate of drug-likeness (QED) is 0.370. The highest BCUT2D eigenvalue weighted by atomic mass is 19.4. The van der Waals surface area contributed by atoms with Crippen molar-refractivity contribution in [3.63, 3.8) is 0 Å². The molecule has 2 N–H and O–H groups in total. The molecule has 2 fully saturated rings. The van der Waals surface area contributed by atoms with Crippen LogP contribution in [0, 0.1) is 11.3 Å². The number of amides is 2. The summed E-state index contributed by atoms with van der Waals surface area (Å²) in [5.74, 6) is -0.608. The highest BCUT2D eigenvalue weighted by Crippen LogP contribution is 2.30. The molecule has 2 aliphatic rings. The highest BCUT2D eigenvalue weighted by Gasteiger charge is 2.36. The number of alkyl halides is 3. The molecule has 0 spiro atoms. The number of piperidine rings is 2. The van der Waals surface area contributed by atoms with Crippen LogP contribution in [0.1, 0.15) is 68.7 Å². The van der Waals surface area contributed by atoms with Gasteiger partial charge in [-0.3, -0.25) is 19.4 Å². The predicted octanol–water partition coefficient (Wildman–Crippen LogP) is 5.45. The van der Waals surface area contributed by atoms with Gasteiger partial charge in [0.25, 0.3) is 5.91 Å². The molecule has 3 aromatic rings. The van der Waals surface area contributed by atoms with Crippen molar-refractivity contribution in [3.05, 3.63) is 106 Å². The number of hydrogen-bond donors (Lipinski definition) is 1. The molecule has 44 heavy (non-hydrogen) atoms. The van der Waals surface area contributed by atoms with E-state index < -0.39 is 17.6 Å². The van der Waals surface area contributed by atoms with E-state index in [1.54, 1.807) is 24.3 Å². The number of halogens is 3. The van der Waals surface area contributed by atoms with E-state index in [-0.39, 0.29) is 18.0 Å². The number of primary amides is 1. The van der Waals surface area contributed by atoms with E-state index >= 15 is 0 Å². The van der Waals surface area contributed by atoms with Gasteiger partial charge in [-0.25, -0.2) is 0 Å². The number of nitrogens with zero attached hydrogens (tertiary/aromatic N) is 4. The number of nitriles is 1. The van der Waals surface area contributed by atoms with Crippen molar-refractivity contribution < 1.29 is 22.8 Å². The summed E-state index contributed by atoms with van der Waals surface area (Å²) in [5.41, 5.74) is 8.22. The number of carbonyl (C=O) groups is 2. The van der Waals surface area contributed by atoms with Crippen molar-refractivity contribution >= 4 is 11.8 Å². The second-order valence-electron chi connectivity index (χ2n) is 11.7. The van der Waals surface area contributed by atoms with Gasteiger partial charge in [0, 0.05) is 62.5 Å². The normalized spacial score (nSPS) is 17.2. The maximum Gasteiger partial charge on any atom is 0.416 e. The van der Waals surface area contributed by atoms with Gasteiger partial charge in [0.15, 0.2) is 0 Å². The summed E-state index contributed by atoms with van der Waals surface area (Å²) in [7, 11) is 0. The molecule has 3 aromatic carbocycles. The summed E-state index contributed by atoms with van der Waals surface area (Å²) >= 11 is 0. The Labute approximate surface area is 255 Å². The van der Waals surface area contributed by atoms with Crippen LogP contribution in [0.5, 0.6) is 0 Å². The maximum atomic E-state index is 14.0. The van der Waals surface area contributed by atoms with Gasteiger partial charge in [0.05, 0.1) is 17.2 Å². The molecular formula is C34H36F3N5O2. The smallest absolute Gasteiger partial charge is 0.366 e. The first-order chi connectivity index (χ1) is 21.1. The third-order valence-electron chi connectivity index (χ3n) is 8.73. The Balaban J connectivity index is 1.25. The van der Waals surface area contributed by atoms with Crippen LogP contribution < -0.4 is 5.73 Å². The first-order valence-electron chi connectivity index (χ1n) is 14.9. The Morgan fingerprint density at radius 2 is 1.18 bits per heavy atom. The summed E-state index contributed by atoms with van der Waals surface area (Å²) in [5, 5.41) is 9.07. The SMILES string of the molecule is N#Cc1ccc(CN2CCC(N(C(=O)c3ccc(C(N)=O)cc3)C3CCN(Cc4ccc(C(F)(F)F)cc4)CC3)CC2)cc1. The molecule has 2 saturated heterocycles. The standard InChI is InChI=1S/C34H36F3N5O2/c35-34(36,37)29-11-5-26(6-12-29)23-41-19-15-31(16-20-41)42(33(44)28-9-7-27(8-10-28)32(39)43)30-13-17-40(18-14-30)22-25-3-1-24(21-38)2-4-25/h1-12,30-31H,13-20,22-23H2,(H2,39,43). The van der Waals surface area contributed by atoms with Crippen molar-refractivity contribution in [1.82, 2.24) is 14.7 Å². The highest BCUT2D eigenvalue weighted by molar-refractivity contribution is 5.97. The summed E-state index contributed by atoms with van der Waals surface area (Å²) in [4.78, 5) is 32.2.